The summed E-state index contributed by atoms with van der Waals surface area (Å²) < 4.78 is 6.33. The number of nitrogens with one attached hydrogen (secondary N) is 1. The highest BCUT2D eigenvalue weighted by Crippen LogP contribution is 2.43. The molecule has 1 N–H and O–H groups in total. The molecule has 0 aromatic heterocycles. The second-order valence-electron chi connectivity index (χ2n) is 5.18. The fourth-order valence-electron chi connectivity index (χ4n) is 2.39. The van der Waals surface area contributed by atoms with E-state index in [1.807, 2.05) is 48.5 Å². The van der Waals surface area contributed by atoms with E-state index in [1.54, 1.807) is 0 Å². The molecule has 4 heteroatoms. The van der Waals surface area contributed by atoms with Crippen LogP contribution in [0.25, 0.3) is 0 Å². The van der Waals surface area contributed by atoms with Crippen LogP contribution in [-0.2, 0) is 11.3 Å². The molecule has 0 radical (unpaired) electrons. The van der Waals surface area contributed by atoms with E-state index in [-0.39, 0.29) is 12.1 Å². The van der Waals surface area contributed by atoms with Gasteiger partial charge in [0.05, 0.1) is 0 Å². The molecule has 3 nitrogen and oxygen atoms in total. The number of benzene rings is 2. The number of hydrogen-bond acceptors (Lipinski definition) is 2. The third kappa shape index (κ3) is 3.64. The van der Waals surface area contributed by atoms with Crippen molar-refractivity contribution in [3.63, 3.8) is 0 Å². The standard InChI is InChI=1S/C17H16BrNO2/c18-15-9-5-4-8-13(15)14-10-16(14)19-17(20)21-11-12-6-2-1-3-7-12/h1-9,14,16H,10-11H2,(H,19,20)/t14-,16+/m0/s1. The second kappa shape index (κ2) is 6.31. The van der Waals surface area contributed by atoms with Crippen molar-refractivity contribution in [2.24, 2.45) is 0 Å². The third-order valence-electron chi connectivity index (χ3n) is 3.61. The molecule has 2 aromatic carbocycles. The average molecular weight is 346 g/mol. The van der Waals surface area contributed by atoms with Crippen molar-refractivity contribution in [1.29, 1.82) is 0 Å². The lowest BCUT2D eigenvalue weighted by atomic mass is 10.1. The topological polar surface area (TPSA) is 38.3 Å². The van der Waals surface area contributed by atoms with Crippen LogP contribution in [0.1, 0.15) is 23.5 Å². The van der Waals surface area contributed by atoms with Crippen LogP contribution in [0.3, 0.4) is 0 Å². The van der Waals surface area contributed by atoms with Crippen molar-refractivity contribution in [3.8, 4) is 0 Å². The van der Waals surface area contributed by atoms with Gasteiger partial charge in [-0.1, -0.05) is 64.5 Å². The second-order valence-corrected chi connectivity index (χ2v) is 6.03. The zero-order chi connectivity index (χ0) is 14.7. The van der Waals surface area contributed by atoms with Gasteiger partial charge in [0.2, 0.25) is 0 Å². The Morgan fingerprint density at radius 3 is 2.62 bits per heavy atom. The minimum absolute atomic E-state index is 0.173. The highest BCUT2D eigenvalue weighted by Gasteiger charge is 2.40. The van der Waals surface area contributed by atoms with Crippen LogP contribution in [-0.4, -0.2) is 12.1 Å². The summed E-state index contributed by atoms with van der Waals surface area (Å²) in [6.45, 7) is 0.305. The van der Waals surface area contributed by atoms with Crippen molar-refractivity contribution in [3.05, 3.63) is 70.2 Å². The lowest BCUT2D eigenvalue weighted by molar-refractivity contribution is 0.139. The first-order valence-corrected chi connectivity index (χ1v) is 7.75. The minimum atomic E-state index is -0.349. The first kappa shape index (κ1) is 14.1. The van der Waals surface area contributed by atoms with Gasteiger partial charge in [-0.2, -0.15) is 0 Å². The SMILES string of the molecule is O=C(N[C@@H]1C[C@H]1c1ccccc1Br)OCc1ccccc1. The number of carbonyl (C=O) groups excluding carboxylic acids is 1. The number of hydrogen-bond donors (Lipinski definition) is 1. The van der Waals surface area contributed by atoms with E-state index in [0.29, 0.717) is 12.5 Å². The third-order valence-corrected chi connectivity index (χ3v) is 4.33. The Balaban J connectivity index is 1.48. The lowest BCUT2D eigenvalue weighted by Crippen LogP contribution is -2.27. The molecule has 108 valence electrons. The van der Waals surface area contributed by atoms with E-state index >= 15 is 0 Å². The maximum atomic E-state index is 11.8. The van der Waals surface area contributed by atoms with Gasteiger partial charge in [0, 0.05) is 16.4 Å². The zero-order valence-corrected chi connectivity index (χ0v) is 13.0. The van der Waals surface area contributed by atoms with Crippen LogP contribution in [0.2, 0.25) is 0 Å². The molecule has 1 aliphatic rings. The molecule has 1 fully saturated rings. The number of amides is 1. The number of rotatable bonds is 4. The molecule has 2 aromatic rings. The molecule has 2 atom stereocenters. The number of ether oxygens (including phenoxy) is 1. The van der Waals surface area contributed by atoms with Gasteiger partial charge in [0.1, 0.15) is 6.61 Å². The Bertz CT molecular complexity index is 630. The lowest BCUT2D eigenvalue weighted by Gasteiger charge is -2.07. The van der Waals surface area contributed by atoms with Gasteiger partial charge in [0.15, 0.2) is 0 Å². The van der Waals surface area contributed by atoms with Crippen molar-refractivity contribution < 1.29 is 9.53 Å². The van der Waals surface area contributed by atoms with E-state index in [0.717, 1.165) is 16.5 Å². The highest BCUT2D eigenvalue weighted by molar-refractivity contribution is 9.10. The Labute approximate surface area is 132 Å². The van der Waals surface area contributed by atoms with Crippen molar-refractivity contribution in [1.82, 2.24) is 5.32 Å². The predicted molar refractivity (Wildman–Crippen MR) is 85.1 cm³/mol. The van der Waals surface area contributed by atoms with Crippen molar-refractivity contribution >= 4 is 22.0 Å². The Kier molecular flexibility index (Phi) is 4.25. The van der Waals surface area contributed by atoms with Crippen molar-refractivity contribution in [2.75, 3.05) is 0 Å². The molecule has 0 heterocycles. The average Bonchev–Trinajstić information content (AvgIpc) is 3.25. The number of carbonyl (C=O) groups is 1. The van der Waals surface area contributed by atoms with Crippen LogP contribution in [0, 0.1) is 0 Å². The minimum Gasteiger partial charge on any atom is -0.445 e. The maximum absolute atomic E-state index is 11.8. The number of halogens is 1. The molecule has 0 bridgehead atoms. The fraction of sp³-hybridized carbons (Fsp3) is 0.235. The molecule has 0 spiro atoms. The quantitative estimate of drug-likeness (QED) is 0.900. The van der Waals surface area contributed by atoms with E-state index in [9.17, 15) is 4.79 Å². The summed E-state index contributed by atoms with van der Waals surface area (Å²) in [6.07, 6.45) is 0.613. The van der Waals surface area contributed by atoms with Gasteiger partial charge in [0.25, 0.3) is 0 Å². The maximum Gasteiger partial charge on any atom is 0.407 e. The summed E-state index contributed by atoms with van der Waals surface area (Å²) in [5, 5.41) is 2.92. The van der Waals surface area contributed by atoms with Gasteiger partial charge in [-0.15, -0.1) is 0 Å². The van der Waals surface area contributed by atoms with Crippen LogP contribution in [0.5, 0.6) is 0 Å². The highest BCUT2D eigenvalue weighted by atomic mass is 79.9. The molecular formula is C17H16BrNO2. The fourth-order valence-corrected chi connectivity index (χ4v) is 2.97. The van der Waals surface area contributed by atoms with Gasteiger partial charge >= 0.3 is 6.09 Å². The van der Waals surface area contributed by atoms with Crippen LogP contribution in [0.15, 0.2) is 59.1 Å². The van der Waals surface area contributed by atoms with Crippen LogP contribution < -0.4 is 5.32 Å². The van der Waals surface area contributed by atoms with Crippen molar-refractivity contribution in [2.45, 2.75) is 25.0 Å². The molecule has 1 aliphatic carbocycles. The molecule has 0 aliphatic heterocycles. The van der Waals surface area contributed by atoms with Crippen LogP contribution in [0.4, 0.5) is 4.79 Å². The predicted octanol–water partition coefficient (Wildman–Crippen LogP) is 4.23. The Morgan fingerprint density at radius 1 is 1.14 bits per heavy atom. The van der Waals surface area contributed by atoms with E-state index < -0.39 is 0 Å². The molecular weight excluding hydrogens is 330 g/mol. The van der Waals surface area contributed by atoms with Gasteiger partial charge in [-0.25, -0.2) is 4.79 Å². The van der Waals surface area contributed by atoms with E-state index in [1.165, 1.54) is 5.56 Å². The summed E-state index contributed by atoms with van der Waals surface area (Å²) in [7, 11) is 0. The molecule has 0 unspecified atom stereocenters. The largest absolute Gasteiger partial charge is 0.445 e. The molecule has 0 saturated heterocycles. The summed E-state index contributed by atoms with van der Waals surface area (Å²) in [6, 6.07) is 18.0. The summed E-state index contributed by atoms with van der Waals surface area (Å²) >= 11 is 3.55. The zero-order valence-electron chi connectivity index (χ0n) is 11.5. The summed E-state index contributed by atoms with van der Waals surface area (Å²) in [4.78, 5) is 11.8. The normalized spacial score (nSPS) is 19.9. The Hall–Kier alpha value is -1.81. The summed E-state index contributed by atoms with van der Waals surface area (Å²) in [5.74, 6) is 0.379. The molecule has 1 saturated carbocycles. The summed E-state index contributed by atoms with van der Waals surface area (Å²) in [5.41, 5.74) is 2.23. The smallest absolute Gasteiger partial charge is 0.407 e. The van der Waals surface area contributed by atoms with E-state index in [4.69, 9.17) is 4.74 Å². The monoisotopic (exact) mass is 345 g/mol. The first-order chi connectivity index (χ1) is 10.2. The molecule has 21 heavy (non-hydrogen) atoms. The molecule has 3 rings (SSSR count). The van der Waals surface area contributed by atoms with Gasteiger partial charge in [-0.3, -0.25) is 0 Å². The molecule has 1 amide bonds. The van der Waals surface area contributed by atoms with E-state index in [2.05, 4.69) is 27.3 Å². The number of alkyl carbamates (subject to hydrolysis) is 1. The van der Waals surface area contributed by atoms with Crippen LogP contribution >= 0.6 is 15.9 Å². The van der Waals surface area contributed by atoms with Gasteiger partial charge in [-0.05, 0) is 23.6 Å². The van der Waals surface area contributed by atoms with Gasteiger partial charge < -0.3 is 10.1 Å². The first-order valence-electron chi connectivity index (χ1n) is 6.95. The Morgan fingerprint density at radius 2 is 1.86 bits per heavy atom.